The van der Waals surface area contributed by atoms with Crippen molar-refractivity contribution in [2.45, 2.75) is 6.42 Å². The molecule has 0 radical (unpaired) electrons. The van der Waals surface area contributed by atoms with E-state index in [1.165, 1.54) is 17.2 Å². The molecule has 0 fully saturated rings. The molecule has 128 valence electrons. The minimum atomic E-state index is -0.718. The maximum atomic E-state index is 11.8. The predicted molar refractivity (Wildman–Crippen MR) is 100 cm³/mol. The van der Waals surface area contributed by atoms with Gasteiger partial charge in [0.1, 0.15) is 5.39 Å². The maximum absolute atomic E-state index is 11.8. The lowest BCUT2D eigenvalue weighted by atomic mass is 10.0. The Morgan fingerprint density at radius 1 is 0.923 bits per heavy atom. The molecule has 5 heteroatoms. The Morgan fingerprint density at radius 2 is 1.69 bits per heavy atom. The van der Waals surface area contributed by atoms with Gasteiger partial charge in [-0.05, 0) is 35.7 Å². The zero-order valence-electron chi connectivity index (χ0n) is 14.2. The molecule has 0 spiro atoms. The van der Waals surface area contributed by atoms with Gasteiger partial charge in [-0.2, -0.15) is 0 Å². The Hall–Kier alpha value is -3.47. The highest BCUT2D eigenvalue weighted by Crippen LogP contribution is 2.21. The first-order chi connectivity index (χ1) is 12.6. The Labute approximate surface area is 149 Å². The first kappa shape index (κ1) is 16.0. The maximum Gasteiger partial charge on any atom is 0.423 e. The van der Waals surface area contributed by atoms with Crippen LogP contribution >= 0.6 is 0 Å². The van der Waals surface area contributed by atoms with Crippen molar-refractivity contribution in [3.63, 3.8) is 0 Å². The Balaban J connectivity index is 1.78. The van der Waals surface area contributed by atoms with Crippen molar-refractivity contribution in [2.75, 3.05) is 0 Å². The number of hydrogen-bond acceptors (Lipinski definition) is 4. The fourth-order valence-corrected chi connectivity index (χ4v) is 2.99. The number of benzene rings is 2. The van der Waals surface area contributed by atoms with Gasteiger partial charge in [-0.25, -0.2) is 14.6 Å². The average Bonchev–Trinajstić information content (AvgIpc) is 2.67. The summed E-state index contributed by atoms with van der Waals surface area (Å²) in [6.07, 6.45) is 0.824. The third-order valence-electron chi connectivity index (χ3n) is 4.34. The molecular weight excluding hydrogens is 328 g/mol. The van der Waals surface area contributed by atoms with Gasteiger partial charge in [-0.15, -0.1) is 0 Å². The average molecular weight is 344 g/mol. The Morgan fingerprint density at radius 3 is 2.50 bits per heavy atom. The van der Waals surface area contributed by atoms with Crippen LogP contribution in [0, 0.1) is 0 Å². The van der Waals surface area contributed by atoms with E-state index in [2.05, 4.69) is 33.7 Å². The summed E-state index contributed by atoms with van der Waals surface area (Å²) >= 11 is 0. The first-order valence-electron chi connectivity index (χ1n) is 8.26. The van der Waals surface area contributed by atoms with Crippen LogP contribution in [0.2, 0.25) is 0 Å². The minimum absolute atomic E-state index is 0.288. The summed E-state index contributed by atoms with van der Waals surface area (Å²) < 4.78 is 5.91. The molecule has 0 aliphatic heterocycles. The van der Waals surface area contributed by atoms with Crippen molar-refractivity contribution >= 4 is 11.0 Å². The van der Waals surface area contributed by atoms with Gasteiger partial charge >= 0.3 is 11.4 Å². The van der Waals surface area contributed by atoms with Gasteiger partial charge in [-0.3, -0.25) is 4.57 Å². The van der Waals surface area contributed by atoms with E-state index in [4.69, 9.17) is 0 Å². The molecule has 0 unspecified atom stereocenters. The molecule has 4 rings (SSSR count). The molecule has 0 atom stereocenters. The van der Waals surface area contributed by atoms with Gasteiger partial charge in [-0.1, -0.05) is 48.5 Å². The molecule has 2 aromatic heterocycles. The number of aromatic nitrogens is 2. The molecule has 5 nitrogen and oxygen atoms in total. The molecule has 2 heterocycles. The summed E-state index contributed by atoms with van der Waals surface area (Å²) in [5, 5.41) is 0.288. The van der Waals surface area contributed by atoms with Crippen LogP contribution in [-0.2, 0) is 13.5 Å². The van der Waals surface area contributed by atoms with Crippen LogP contribution in [0.25, 0.3) is 22.3 Å². The smallest absolute Gasteiger partial charge is 0.372 e. The number of aryl methyl sites for hydroxylation is 1. The van der Waals surface area contributed by atoms with E-state index in [9.17, 15) is 9.59 Å². The second kappa shape index (κ2) is 6.44. The van der Waals surface area contributed by atoms with E-state index in [-0.39, 0.29) is 5.39 Å². The Kier molecular flexibility index (Phi) is 3.97. The fraction of sp³-hybridized carbons (Fsp3) is 0.0952. The summed E-state index contributed by atoms with van der Waals surface area (Å²) in [4.78, 5) is 28.1. The summed E-state index contributed by atoms with van der Waals surface area (Å²) in [6.45, 7) is 0. The van der Waals surface area contributed by atoms with Crippen LogP contribution in [0.5, 0.6) is 0 Å². The van der Waals surface area contributed by atoms with Gasteiger partial charge in [0.2, 0.25) is 0 Å². The number of pyridine rings is 1. The third-order valence-corrected chi connectivity index (χ3v) is 4.34. The van der Waals surface area contributed by atoms with Crippen LogP contribution in [0.15, 0.2) is 80.7 Å². The van der Waals surface area contributed by atoms with Crippen LogP contribution in [-0.4, -0.2) is 9.55 Å². The molecule has 0 amide bonds. The highest BCUT2D eigenvalue weighted by Gasteiger charge is 2.10. The summed E-state index contributed by atoms with van der Waals surface area (Å²) in [5.41, 5.74) is 3.68. The van der Waals surface area contributed by atoms with Gasteiger partial charge in [0.05, 0.1) is 5.69 Å². The van der Waals surface area contributed by atoms with Crippen molar-refractivity contribution in [1.82, 2.24) is 9.55 Å². The molecule has 0 aliphatic rings. The van der Waals surface area contributed by atoms with Crippen molar-refractivity contribution in [2.24, 2.45) is 7.05 Å². The second-order valence-corrected chi connectivity index (χ2v) is 6.14. The molecule has 2 aromatic carbocycles. The number of fused-ring (bicyclic) bond motifs is 1. The van der Waals surface area contributed by atoms with Crippen LogP contribution in [0.4, 0.5) is 0 Å². The van der Waals surface area contributed by atoms with Crippen LogP contribution < -0.4 is 11.4 Å². The molecule has 4 aromatic rings. The predicted octanol–water partition coefficient (Wildman–Crippen LogP) is 3.14. The largest absolute Gasteiger partial charge is 0.423 e. The molecule has 0 aliphatic carbocycles. The molecule has 0 saturated carbocycles. The van der Waals surface area contributed by atoms with E-state index in [0.29, 0.717) is 11.3 Å². The number of rotatable bonds is 3. The summed E-state index contributed by atoms with van der Waals surface area (Å²) in [6, 6.07) is 21.7. The van der Waals surface area contributed by atoms with Gasteiger partial charge in [0.25, 0.3) is 0 Å². The number of hydrogen-bond donors (Lipinski definition) is 0. The third kappa shape index (κ3) is 2.95. The lowest BCUT2D eigenvalue weighted by Crippen LogP contribution is -2.23. The van der Waals surface area contributed by atoms with Crippen molar-refractivity contribution in [3.8, 4) is 11.3 Å². The summed E-state index contributed by atoms with van der Waals surface area (Å²) in [5.74, 6) is -0.718. The van der Waals surface area contributed by atoms with Crippen LogP contribution in [0.1, 0.15) is 11.1 Å². The van der Waals surface area contributed by atoms with E-state index in [1.807, 2.05) is 30.3 Å². The standard InChI is InChI=1S/C21H16N2O3/c1-23-19-17(20(24)26-21(23)25)10-11-18(22-19)16-9-5-8-15(13-16)12-14-6-3-2-4-7-14/h2-11,13H,12H2,1H3. The zero-order chi connectivity index (χ0) is 18.1. The monoisotopic (exact) mass is 344 g/mol. The van der Waals surface area contributed by atoms with Crippen LogP contribution in [0.3, 0.4) is 0 Å². The van der Waals surface area contributed by atoms with E-state index in [0.717, 1.165) is 17.5 Å². The fourth-order valence-electron chi connectivity index (χ4n) is 2.99. The first-order valence-corrected chi connectivity index (χ1v) is 8.26. The SMILES string of the molecule is Cn1c(=O)oc(=O)c2ccc(-c3cccc(Cc4ccccc4)c3)nc21. The molecule has 0 N–H and O–H groups in total. The quantitative estimate of drug-likeness (QED) is 0.573. The highest BCUT2D eigenvalue weighted by molar-refractivity contribution is 5.77. The lowest BCUT2D eigenvalue weighted by Gasteiger charge is -2.07. The van der Waals surface area contributed by atoms with Gasteiger partial charge in [0, 0.05) is 12.6 Å². The summed E-state index contributed by atoms with van der Waals surface area (Å²) in [7, 11) is 1.54. The van der Waals surface area contributed by atoms with Gasteiger partial charge < -0.3 is 4.42 Å². The van der Waals surface area contributed by atoms with Gasteiger partial charge in [0.15, 0.2) is 5.65 Å². The van der Waals surface area contributed by atoms with Crippen molar-refractivity contribution < 1.29 is 4.42 Å². The molecule has 26 heavy (non-hydrogen) atoms. The molecular formula is C21H16N2O3. The lowest BCUT2D eigenvalue weighted by molar-refractivity contribution is 0.431. The number of nitrogens with zero attached hydrogens (tertiary/aromatic N) is 2. The highest BCUT2D eigenvalue weighted by atomic mass is 16.4. The van der Waals surface area contributed by atoms with E-state index < -0.39 is 11.4 Å². The molecule has 0 saturated heterocycles. The van der Waals surface area contributed by atoms with E-state index in [1.54, 1.807) is 12.1 Å². The second-order valence-electron chi connectivity index (χ2n) is 6.14. The Bertz CT molecular complexity index is 1210. The zero-order valence-corrected chi connectivity index (χ0v) is 14.2. The topological polar surface area (TPSA) is 65.1 Å². The minimum Gasteiger partial charge on any atom is -0.372 e. The van der Waals surface area contributed by atoms with Crippen molar-refractivity contribution in [1.29, 1.82) is 0 Å². The van der Waals surface area contributed by atoms with Crippen molar-refractivity contribution in [3.05, 3.63) is 98.8 Å². The molecule has 0 bridgehead atoms. The normalized spacial score (nSPS) is 11.0. The van der Waals surface area contributed by atoms with E-state index >= 15 is 0 Å².